The van der Waals surface area contributed by atoms with E-state index in [0.717, 1.165) is 6.07 Å². The second kappa shape index (κ2) is 8.50. The number of hydrogen-bond acceptors (Lipinski definition) is 4. The van der Waals surface area contributed by atoms with Crippen LogP contribution in [0.5, 0.6) is 0 Å². The number of quaternary nitrogens is 1. The highest BCUT2D eigenvalue weighted by Crippen LogP contribution is 2.37. The molecule has 1 aromatic carbocycles. The standard InChI is InChI=1S/C20H26F4N2O4/c1-5-26(29,14-6-7-16(21)15(12-14)20(22,23)24)17(27)13-8-10-25(11-9-13)18(28)30-19(2,3)4/h6-7,12-13H,5,8-11H2,1-4H3. The van der Waals surface area contributed by atoms with E-state index in [9.17, 15) is 32.4 Å². The van der Waals surface area contributed by atoms with Gasteiger partial charge in [-0.15, -0.1) is 0 Å². The van der Waals surface area contributed by atoms with Crippen molar-refractivity contribution in [1.29, 1.82) is 0 Å². The highest BCUT2D eigenvalue weighted by atomic mass is 19.4. The number of hydroxylamine groups is 2. The Morgan fingerprint density at radius 1 is 1.20 bits per heavy atom. The number of halogens is 4. The zero-order valence-electron chi connectivity index (χ0n) is 17.4. The summed E-state index contributed by atoms with van der Waals surface area (Å²) in [6.07, 6.45) is -5.14. The van der Waals surface area contributed by atoms with Crippen LogP contribution in [0.3, 0.4) is 0 Å². The van der Waals surface area contributed by atoms with Gasteiger partial charge < -0.3 is 14.8 Å². The van der Waals surface area contributed by atoms with Crippen molar-refractivity contribution in [1.82, 2.24) is 9.55 Å². The van der Waals surface area contributed by atoms with Crippen LogP contribution in [-0.2, 0) is 15.7 Å². The maximum Gasteiger partial charge on any atom is 0.419 e. The molecule has 2 amide bonds. The van der Waals surface area contributed by atoms with E-state index in [2.05, 4.69) is 0 Å². The molecule has 0 bridgehead atoms. The lowest BCUT2D eigenvalue weighted by molar-refractivity contribution is -0.140. The van der Waals surface area contributed by atoms with Crippen molar-refractivity contribution in [2.45, 2.75) is 52.3 Å². The molecule has 1 unspecified atom stereocenters. The van der Waals surface area contributed by atoms with E-state index < -0.39 is 51.4 Å². The lowest BCUT2D eigenvalue weighted by Crippen LogP contribution is -2.54. The summed E-state index contributed by atoms with van der Waals surface area (Å²) in [7, 11) is 0. The summed E-state index contributed by atoms with van der Waals surface area (Å²) in [5.41, 5.74) is -2.73. The summed E-state index contributed by atoms with van der Waals surface area (Å²) in [6.45, 7) is 6.60. The maximum atomic E-state index is 13.6. The minimum atomic E-state index is -4.99. The normalized spacial score (nSPS) is 18.1. The molecule has 0 aliphatic carbocycles. The van der Waals surface area contributed by atoms with Crippen LogP contribution in [0.1, 0.15) is 46.1 Å². The number of amides is 2. The first-order valence-corrected chi connectivity index (χ1v) is 9.67. The van der Waals surface area contributed by atoms with Crippen LogP contribution < -0.4 is 4.65 Å². The molecule has 1 aliphatic heterocycles. The first-order valence-electron chi connectivity index (χ1n) is 9.67. The number of alkyl halides is 3. The molecule has 0 spiro atoms. The fourth-order valence-electron chi connectivity index (χ4n) is 3.35. The fourth-order valence-corrected chi connectivity index (χ4v) is 3.35. The lowest BCUT2D eigenvalue weighted by Gasteiger charge is -2.42. The van der Waals surface area contributed by atoms with Gasteiger partial charge >= 0.3 is 18.2 Å². The Balaban J connectivity index is 2.18. The summed E-state index contributed by atoms with van der Waals surface area (Å²) in [5.74, 6) is -3.05. The number of ether oxygens (including phenoxy) is 1. The Labute approximate surface area is 172 Å². The molecule has 0 aromatic heterocycles. The molecule has 30 heavy (non-hydrogen) atoms. The van der Waals surface area contributed by atoms with E-state index in [1.165, 1.54) is 11.8 Å². The highest BCUT2D eigenvalue weighted by Gasteiger charge is 2.41. The molecule has 0 radical (unpaired) electrons. The van der Waals surface area contributed by atoms with Crippen LogP contribution in [0.4, 0.5) is 28.0 Å². The van der Waals surface area contributed by atoms with Crippen LogP contribution >= 0.6 is 0 Å². The first kappa shape index (κ1) is 24.1. The Bertz CT molecular complexity index is 799. The topological polar surface area (TPSA) is 69.7 Å². The molecular formula is C20H26F4N2O4. The zero-order valence-corrected chi connectivity index (χ0v) is 17.4. The van der Waals surface area contributed by atoms with E-state index in [1.54, 1.807) is 20.8 Å². The summed E-state index contributed by atoms with van der Waals surface area (Å²) >= 11 is 0. The van der Waals surface area contributed by atoms with Gasteiger partial charge in [0.2, 0.25) is 0 Å². The SMILES string of the molecule is CC[N+]([O-])(C(=O)C1CCN(C(=O)OC(C)(C)C)CC1)c1ccc(F)c(C(F)(F)F)c1. The van der Waals surface area contributed by atoms with Crippen molar-refractivity contribution in [2.24, 2.45) is 5.92 Å². The van der Waals surface area contributed by atoms with E-state index in [-0.39, 0.29) is 32.5 Å². The van der Waals surface area contributed by atoms with Crippen LogP contribution in [-0.4, -0.2) is 42.1 Å². The molecular weight excluding hydrogens is 408 g/mol. The predicted octanol–water partition coefficient (Wildman–Crippen LogP) is 4.84. The van der Waals surface area contributed by atoms with Gasteiger partial charge in [-0.25, -0.2) is 14.0 Å². The van der Waals surface area contributed by atoms with Gasteiger partial charge in [0.05, 0.1) is 18.0 Å². The Morgan fingerprint density at radius 2 is 1.77 bits per heavy atom. The zero-order chi connectivity index (χ0) is 22.9. The third-order valence-electron chi connectivity index (χ3n) is 4.97. The second-order valence-electron chi connectivity index (χ2n) is 8.30. The third-order valence-corrected chi connectivity index (χ3v) is 4.97. The molecule has 1 saturated heterocycles. The van der Waals surface area contributed by atoms with E-state index in [1.807, 2.05) is 0 Å². The number of nitrogens with zero attached hydrogens (tertiary/aromatic N) is 2. The monoisotopic (exact) mass is 434 g/mol. The Kier molecular flexibility index (Phi) is 6.82. The predicted molar refractivity (Wildman–Crippen MR) is 103 cm³/mol. The largest absolute Gasteiger partial charge is 0.620 e. The van der Waals surface area contributed by atoms with Crippen molar-refractivity contribution in [3.63, 3.8) is 0 Å². The van der Waals surface area contributed by atoms with E-state index >= 15 is 0 Å². The van der Waals surface area contributed by atoms with Crippen molar-refractivity contribution in [2.75, 3.05) is 19.6 Å². The van der Waals surface area contributed by atoms with Crippen LogP contribution in [0.2, 0.25) is 0 Å². The number of rotatable bonds is 3. The van der Waals surface area contributed by atoms with Crippen molar-refractivity contribution < 1.29 is 31.9 Å². The fraction of sp³-hybridized carbons (Fsp3) is 0.600. The van der Waals surface area contributed by atoms with Gasteiger partial charge in [-0.3, -0.25) is 4.65 Å². The molecule has 0 saturated carbocycles. The van der Waals surface area contributed by atoms with Gasteiger partial charge in [0.25, 0.3) is 0 Å². The first-order chi connectivity index (χ1) is 13.7. The summed E-state index contributed by atoms with van der Waals surface area (Å²) in [6, 6.07) is 1.87. The minimum absolute atomic E-state index is 0.187. The molecule has 0 N–H and O–H groups in total. The maximum absolute atomic E-state index is 13.6. The summed E-state index contributed by atoms with van der Waals surface area (Å²) < 4.78 is 56.3. The number of hydrogen-bond donors (Lipinski definition) is 0. The van der Waals surface area contributed by atoms with Gasteiger partial charge in [-0.2, -0.15) is 13.2 Å². The number of piperidine rings is 1. The van der Waals surface area contributed by atoms with E-state index in [0.29, 0.717) is 12.1 Å². The van der Waals surface area contributed by atoms with Crippen LogP contribution in [0.15, 0.2) is 18.2 Å². The number of carbonyl (C=O) groups is 2. The van der Waals surface area contributed by atoms with Crippen molar-refractivity contribution in [3.8, 4) is 0 Å². The van der Waals surface area contributed by atoms with Crippen LogP contribution in [0.25, 0.3) is 0 Å². The molecule has 168 valence electrons. The minimum Gasteiger partial charge on any atom is -0.620 e. The average Bonchev–Trinajstić information content (AvgIpc) is 2.65. The summed E-state index contributed by atoms with van der Waals surface area (Å²) in [5, 5.41) is 13.3. The van der Waals surface area contributed by atoms with Gasteiger partial charge in [0.15, 0.2) is 0 Å². The highest BCUT2D eigenvalue weighted by molar-refractivity contribution is 5.91. The molecule has 1 aliphatic rings. The third kappa shape index (κ3) is 5.28. The van der Waals surface area contributed by atoms with E-state index in [4.69, 9.17) is 4.74 Å². The molecule has 1 heterocycles. The Morgan fingerprint density at radius 3 is 2.23 bits per heavy atom. The molecule has 1 aromatic rings. The number of likely N-dealkylation sites (tertiary alicyclic amines) is 1. The average molecular weight is 434 g/mol. The molecule has 1 atom stereocenters. The molecule has 6 nitrogen and oxygen atoms in total. The molecule has 1 fully saturated rings. The van der Waals surface area contributed by atoms with Gasteiger partial charge in [-0.05, 0) is 46.6 Å². The quantitative estimate of drug-likeness (QED) is 0.388. The number of carbonyl (C=O) groups excluding carboxylic acids is 2. The number of benzene rings is 1. The van der Waals surface area contributed by atoms with Crippen molar-refractivity contribution >= 4 is 17.7 Å². The smallest absolute Gasteiger partial charge is 0.419 e. The van der Waals surface area contributed by atoms with Crippen LogP contribution in [0, 0.1) is 16.9 Å². The molecule has 2 rings (SSSR count). The lowest BCUT2D eigenvalue weighted by atomic mass is 9.94. The Hall–Kier alpha value is -2.20. The molecule has 10 heteroatoms. The van der Waals surface area contributed by atoms with Gasteiger partial charge in [0.1, 0.15) is 17.1 Å². The van der Waals surface area contributed by atoms with Gasteiger partial charge in [-0.1, -0.05) is 0 Å². The van der Waals surface area contributed by atoms with Crippen molar-refractivity contribution in [3.05, 3.63) is 34.8 Å². The summed E-state index contributed by atoms with van der Waals surface area (Å²) in [4.78, 5) is 26.5. The second-order valence-corrected chi connectivity index (χ2v) is 8.30. The van der Waals surface area contributed by atoms with Gasteiger partial charge in [0, 0.05) is 25.2 Å².